The highest BCUT2D eigenvalue weighted by Crippen LogP contribution is 2.28. The monoisotopic (exact) mass is 308 g/mol. The molecule has 1 atom stereocenters. The van der Waals surface area contributed by atoms with Crippen molar-refractivity contribution in [3.63, 3.8) is 0 Å². The van der Waals surface area contributed by atoms with Gasteiger partial charge in [0.25, 0.3) is 5.91 Å². The molecule has 2 aromatic rings. The van der Waals surface area contributed by atoms with Crippen LogP contribution >= 0.6 is 11.3 Å². The molecule has 0 spiro atoms. The number of amides is 1. The number of carboxylic acid groups (broad SMARTS) is 1. The number of nitrogens with zero attached hydrogens (tertiary/aromatic N) is 1. The molecular formula is C14H13FN2O3S. The van der Waals surface area contributed by atoms with Crippen LogP contribution < -0.4 is 5.32 Å². The molecule has 0 aliphatic heterocycles. The molecule has 110 valence electrons. The van der Waals surface area contributed by atoms with Gasteiger partial charge in [0.2, 0.25) is 0 Å². The number of nitrogens with one attached hydrogen (secondary N) is 1. The zero-order valence-corrected chi connectivity index (χ0v) is 12.2. The molecule has 1 heterocycles. The highest BCUT2D eigenvalue weighted by atomic mass is 32.1. The molecule has 1 amide bonds. The van der Waals surface area contributed by atoms with Crippen molar-refractivity contribution in [2.75, 3.05) is 0 Å². The molecule has 0 fully saturated rings. The van der Waals surface area contributed by atoms with E-state index in [1.165, 1.54) is 19.1 Å². The largest absolute Gasteiger partial charge is 0.480 e. The van der Waals surface area contributed by atoms with Crippen molar-refractivity contribution in [3.8, 4) is 10.6 Å². The van der Waals surface area contributed by atoms with Crippen LogP contribution in [0.3, 0.4) is 0 Å². The lowest BCUT2D eigenvalue weighted by Gasteiger charge is -2.07. The van der Waals surface area contributed by atoms with Gasteiger partial charge in [-0.1, -0.05) is 12.1 Å². The molecule has 21 heavy (non-hydrogen) atoms. The van der Waals surface area contributed by atoms with Crippen LogP contribution in [-0.4, -0.2) is 28.0 Å². The summed E-state index contributed by atoms with van der Waals surface area (Å²) in [6.07, 6.45) is 0. The third kappa shape index (κ3) is 3.43. The van der Waals surface area contributed by atoms with Crippen LogP contribution in [0.4, 0.5) is 4.39 Å². The molecule has 5 nitrogen and oxygen atoms in total. The van der Waals surface area contributed by atoms with Gasteiger partial charge in [0, 0.05) is 5.56 Å². The Kier molecular flexibility index (Phi) is 4.32. The molecule has 1 aromatic heterocycles. The number of hydrogen-bond donors (Lipinski definition) is 2. The Morgan fingerprint density at radius 1 is 1.43 bits per heavy atom. The fourth-order valence-corrected chi connectivity index (χ4v) is 2.64. The second kappa shape index (κ2) is 6.01. The van der Waals surface area contributed by atoms with Crippen molar-refractivity contribution in [1.82, 2.24) is 10.3 Å². The molecule has 0 saturated heterocycles. The van der Waals surface area contributed by atoms with E-state index in [0.717, 1.165) is 11.3 Å². The number of carbonyl (C=O) groups is 2. The van der Waals surface area contributed by atoms with Crippen LogP contribution in [0.2, 0.25) is 0 Å². The summed E-state index contributed by atoms with van der Waals surface area (Å²) in [5, 5.41) is 11.7. The first-order valence-corrected chi connectivity index (χ1v) is 6.97. The summed E-state index contributed by atoms with van der Waals surface area (Å²) in [6, 6.07) is 4.93. The van der Waals surface area contributed by atoms with E-state index >= 15 is 0 Å². The Morgan fingerprint density at radius 3 is 2.76 bits per heavy atom. The van der Waals surface area contributed by atoms with Gasteiger partial charge in [-0.3, -0.25) is 9.59 Å². The standard InChI is InChI=1S/C14H13FN2O3S/c1-7-11(12(18)16-8(2)14(19)20)21-13(17-7)9-4-3-5-10(15)6-9/h3-6,8H,1-2H3,(H,16,18)(H,19,20). The van der Waals surface area contributed by atoms with Crippen LogP contribution in [0, 0.1) is 12.7 Å². The molecule has 1 unspecified atom stereocenters. The van der Waals surface area contributed by atoms with E-state index in [2.05, 4.69) is 10.3 Å². The Bertz CT molecular complexity index is 699. The number of carbonyl (C=O) groups excluding carboxylic acids is 1. The Labute approximate surface area is 124 Å². The van der Waals surface area contributed by atoms with Crippen molar-refractivity contribution < 1.29 is 19.1 Å². The van der Waals surface area contributed by atoms with E-state index in [4.69, 9.17) is 5.11 Å². The predicted octanol–water partition coefficient (Wildman–Crippen LogP) is 2.46. The lowest BCUT2D eigenvalue weighted by Crippen LogP contribution is -2.38. The zero-order valence-electron chi connectivity index (χ0n) is 11.4. The third-order valence-electron chi connectivity index (χ3n) is 2.79. The van der Waals surface area contributed by atoms with E-state index in [1.54, 1.807) is 19.1 Å². The Hall–Kier alpha value is -2.28. The molecule has 1 aromatic carbocycles. The summed E-state index contributed by atoms with van der Waals surface area (Å²) < 4.78 is 13.2. The second-order valence-corrected chi connectivity index (χ2v) is 5.48. The van der Waals surface area contributed by atoms with Gasteiger partial charge in [-0.15, -0.1) is 11.3 Å². The number of hydrogen-bond acceptors (Lipinski definition) is 4. The molecule has 0 bridgehead atoms. The van der Waals surface area contributed by atoms with Crippen molar-refractivity contribution in [2.45, 2.75) is 19.9 Å². The molecule has 2 N–H and O–H groups in total. The Balaban J connectivity index is 2.27. The maximum absolute atomic E-state index is 13.2. The molecule has 7 heteroatoms. The van der Waals surface area contributed by atoms with Gasteiger partial charge in [-0.25, -0.2) is 9.37 Å². The van der Waals surface area contributed by atoms with Crippen LogP contribution in [-0.2, 0) is 4.79 Å². The first-order valence-electron chi connectivity index (χ1n) is 6.15. The van der Waals surface area contributed by atoms with Gasteiger partial charge >= 0.3 is 5.97 Å². The number of carboxylic acids is 1. The maximum atomic E-state index is 13.2. The van der Waals surface area contributed by atoms with Crippen molar-refractivity contribution in [1.29, 1.82) is 0 Å². The second-order valence-electron chi connectivity index (χ2n) is 4.48. The summed E-state index contributed by atoms with van der Waals surface area (Å²) in [6.45, 7) is 3.03. The number of rotatable bonds is 4. The summed E-state index contributed by atoms with van der Waals surface area (Å²) in [5.74, 6) is -2.00. The van der Waals surface area contributed by atoms with Gasteiger partial charge in [0.1, 0.15) is 21.7 Å². The lowest BCUT2D eigenvalue weighted by molar-refractivity contribution is -0.138. The first-order chi connectivity index (χ1) is 9.88. The van der Waals surface area contributed by atoms with Crippen molar-refractivity contribution >= 4 is 23.2 Å². The number of halogens is 1. The van der Waals surface area contributed by atoms with Crippen LogP contribution in [0.1, 0.15) is 22.3 Å². The molecule has 2 rings (SSSR count). The lowest BCUT2D eigenvalue weighted by atomic mass is 10.2. The zero-order chi connectivity index (χ0) is 15.6. The average Bonchev–Trinajstić information content (AvgIpc) is 2.80. The maximum Gasteiger partial charge on any atom is 0.325 e. The minimum atomic E-state index is -1.11. The SMILES string of the molecule is Cc1nc(-c2cccc(F)c2)sc1C(=O)NC(C)C(=O)O. The number of aromatic nitrogens is 1. The van der Waals surface area contributed by atoms with Crippen molar-refractivity contribution in [2.24, 2.45) is 0 Å². The predicted molar refractivity (Wildman–Crippen MR) is 76.8 cm³/mol. The number of aliphatic carboxylic acids is 1. The van der Waals surface area contributed by atoms with Crippen molar-refractivity contribution in [3.05, 3.63) is 40.7 Å². The fourth-order valence-electron chi connectivity index (χ4n) is 1.68. The van der Waals surface area contributed by atoms with E-state index in [-0.39, 0.29) is 5.82 Å². The minimum absolute atomic E-state index is 0.322. The molecule has 0 radical (unpaired) electrons. The number of thiazole rings is 1. The number of benzene rings is 1. The van der Waals surface area contributed by atoms with E-state index in [0.29, 0.717) is 21.1 Å². The van der Waals surface area contributed by atoms with E-state index in [9.17, 15) is 14.0 Å². The highest BCUT2D eigenvalue weighted by molar-refractivity contribution is 7.17. The van der Waals surface area contributed by atoms with Gasteiger partial charge < -0.3 is 10.4 Å². The smallest absolute Gasteiger partial charge is 0.325 e. The van der Waals surface area contributed by atoms with Gasteiger partial charge in [0.05, 0.1) is 5.69 Å². The highest BCUT2D eigenvalue weighted by Gasteiger charge is 2.20. The topological polar surface area (TPSA) is 79.3 Å². The summed E-state index contributed by atoms with van der Waals surface area (Å²) in [5.41, 5.74) is 1.06. The summed E-state index contributed by atoms with van der Waals surface area (Å²) in [4.78, 5) is 27.3. The van der Waals surface area contributed by atoms with Gasteiger partial charge in [-0.05, 0) is 26.0 Å². The minimum Gasteiger partial charge on any atom is -0.480 e. The van der Waals surface area contributed by atoms with Gasteiger partial charge in [-0.2, -0.15) is 0 Å². The Morgan fingerprint density at radius 2 is 2.14 bits per heavy atom. The van der Waals surface area contributed by atoms with E-state index < -0.39 is 17.9 Å². The molecule has 0 aliphatic carbocycles. The molecule has 0 aliphatic rings. The molecular weight excluding hydrogens is 295 g/mol. The van der Waals surface area contributed by atoms with Crippen LogP contribution in [0.25, 0.3) is 10.6 Å². The number of aryl methyl sites for hydroxylation is 1. The molecule has 0 saturated carbocycles. The van der Waals surface area contributed by atoms with Crippen LogP contribution in [0.15, 0.2) is 24.3 Å². The fraction of sp³-hybridized carbons (Fsp3) is 0.214. The summed E-state index contributed by atoms with van der Waals surface area (Å²) in [7, 11) is 0. The van der Waals surface area contributed by atoms with E-state index in [1.807, 2.05) is 0 Å². The first kappa shape index (κ1) is 15.1. The van der Waals surface area contributed by atoms with Gasteiger partial charge in [0.15, 0.2) is 0 Å². The normalized spacial score (nSPS) is 12.0. The van der Waals surface area contributed by atoms with Crippen LogP contribution in [0.5, 0.6) is 0 Å². The summed E-state index contributed by atoms with van der Waals surface area (Å²) >= 11 is 1.10. The quantitative estimate of drug-likeness (QED) is 0.909. The average molecular weight is 308 g/mol. The third-order valence-corrected chi connectivity index (χ3v) is 4.00.